The predicted molar refractivity (Wildman–Crippen MR) is 59.8 cm³/mol. The molecule has 1 saturated carbocycles. The smallest absolute Gasteiger partial charge is 0.0656 e. The van der Waals surface area contributed by atoms with Crippen LogP contribution in [-0.4, -0.2) is 0 Å². The molecule has 0 bridgehead atoms. The van der Waals surface area contributed by atoms with Gasteiger partial charge in [-0.25, -0.2) is 0 Å². The zero-order valence-corrected chi connectivity index (χ0v) is 9.66. The Labute approximate surface area is 92.9 Å². The molecule has 0 amide bonds. The highest BCUT2D eigenvalue weighted by Gasteiger charge is 2.41. The highest BCUT2D eigenvalue weighted by molar-refractivity contribution is 9.10. The first-order valence-corrected chi connectivity index (χ1v) is 5.66. The van der Waals surface area contributed by atoms with Crippen LogP contribution >= 0.6 is 15.9 Å². The van der Waals surface area contributed by atoms with E-state index in [0.717, 1.165) is 4.47 Å². The maximum absolute atomic E-state index is 8.80. The van der Waals surface area contributed by atoms with Crippen LogP contribution in [0, 0.1) is 23.2 Å². The molecule has 1 aliphatic carbocycles. The van der Waals surface area contributed by atoms with E-state index >= 15 is 0 Å². The van der Waals surface area contributed by atoms with Crippen molar-refractivity contribution < 1.29 is 0 Å². The van der Waals surface area contributed by atoms with Gasteiger partial charge in [-0.15, -0.1) is 0 Å². The second-order valence-electron chi connectivity index (χ2n) is 3.98. The average Bonchev–Trinajstić information content (AvgIpc) is 2.98. The van der Waals surface area contributed by atoms with E-state index in [-0.39, 0.29) is 5.92 Å². The van der Waals surface area contributed by atoms with Gasteiger partial charge in [-0.1, -0.05) is 28.1 Å². The van der Waals surface area contributed by atoms with E-state index in [0.29, 0.717) is 11.8 Å². The number of nitriles is 1. The van der Waals surface area contributed by atoms with Crippen LogP contribution in [0.15, 0.2) is 28.7 Å². The van der Waals surface area contributed by atoms with Crippen molar-refractivity contribution in [2.75, 3.05) is 0 Å². The molecule has 1 aromatic rings. The second kappa shape index (κ2) is 3.74. The summed E-state index contributed by atoms with van der Waals surface area (Å²) in [5.74, 6) is 1.41. The Balaban J connectivity index is 2.07. The Kier molecular flexibility index (Phi) is 2.60. The van der Waals surface area contributed by atoms with Crippen molar-refractivity contribution >= 4 is 15.9 Å². The number of nitrogens with zero attached hydrogens (tertiary/aromatic N) is 1. The zero-order valence-electron chi connectivity index (χ0n) is 8.07. The SMILES string of the molecule is CC(C#N)C1CC1c1ccc(Br)cc1. The second-order valence-corrected chi connectivity index (χ2v) is 4.89. The molecule has 2 heteroatoms. The summed E-state index contributed by atoms with van der Waals surface area (Å²) < 4.78 is 1.12. The van der Waals surface area contributed by atoms with E-state index in [1.54, 1.807) is 0 Å². The quantitative estimate of drug-likeness (QED) is 0.784. The lowest BCUT2D eigenvalue weighted by molar-refractivity contribution is 0.622. The van der Waals surface area contributed by atoms with Crippen molar-refractivity contribution in [2.45, 2.75) is 19.3 Å². The molecule has 1 aliphatic rings. The number of rotatable bonds is 2. The monoisotopic (exact) mass is 249 g/mol. The van der Waals surface area contributed by atoms with Crippen LogP contribution in [0.2, 0.25) is 0 Å². The van der Waals surface area contributed by atoms with Gasteiger partial charge in [0, 0.05) is 10.4 Å². The Bertz CT molecular complexity index is 363. The van der Waals surface area contributed by atoms with Gasteiger partial charge in [0.15, 0.2) is 0 Å². The van der Waals surface area contributed by atoms with Gasteiger partial charge in [-0.05, 0) is 42.9 Å². The van der Waals surface area contributed by atoms with E-state index in [2.05, 4.69) is 46.3 Å². The van der Waals surface area contributed by atoms with E-state index in [9.17, 15) is 0 Å². The van der Waals surface area contributed by atoms with Gasteiger partial charge in [0.2, 0.25) is 0 Å². The van der Waals surface area contributed by atoms with Crippen molar-refractivity contribution in [1.29, 1.82) is 5.26 Å². The van der Waals surface area contributed by atoms with E-state index in [1.165, 1.54) is 12.0 Å². The van der Waals surface area contributed by atoms with Gasteiger partial charge in [0.1, 0.15) is 0 Å². The van der Waals surface area contributed by atoms with Crippen LogP contribution in [-0.2, 0) is 0 Å². The first kappa shape index (κ1) is 9.73. The van der Waals surface area contributed by atoms with Crippen LogP contribution in [0.1, 0.15) is 24.8 Å². The summed E-state index contributed by atoms with van der Waals surface area (Å²) in [6, 6.07) is 10.8. The normalized spacial score (nSPS) is 26.6. The molecular formula is C12H12BrN. The first-order valence-electron chi connectivity index (χ1n) is 4.87. The lowest BCUT2D eigenvalue weighted by Crippen LogP contribution is -1.94. The maximum atomic E-state index is 8.80. The maximum Gasteiger partial charge on any atom is 0.0656 e. The third-order valence-corrected chi connectivity index (χ3v) is 3.51. The van der Waals surface area contributed by atoms with Crippen LogP contribution in [0.5, 0.6) is 0 Å². The lowest BCUT2D eigenvalue weighted by Gasteiger charge is -2.01. The average molecular weight is 250 g/mol. The van der Waals surface area contributed by atoms with Crippen molar-refractivity contribution in [3.63, 3.8) is 0 Å². The fourth-order valence-electron chi connectivity index (χ4n) is 1.96. The highest BCUT2D eigenvalue weighted by Crippen LogP contribution is 2.51. The minimum Gasteiger partial charge on any atom is -0.198 e. The molecule has 0 saturated heterocycles. The molecule has 1 aromatic carbocycles. The van der Waals surface area contributed by atoms with Crippen LogP contribution in [0.4, 0.5) is 0 Å². The molecule has 0 heterocycles. The summed E-state index contributed by atoms with van der Waals surface area (Å²) >= 11 is 3.42. The minimum absolute atomic E-state index is 0.198. The molecule has 1 nitrogen and oxygen atoms in total. The summed E-state index contributed by atoms with van der Waals surface area (Å²) in [7, 11) is 0. The topological polar surface area (TPSA) is 23.8 Å². The van der Waals surface area contributed by atoms with Gasteiger partial charge >= 0.3 is 0 Å². The van der Waals surface area contributed by atoms with Crippen molar-refractivity contribution in [1.82, 2.24) is 0 Å². The largest absolute Gasteiger partial charge is 0.198 e. The Morgan fingerprint density at radius 2 is 2.07 bits per heavy atom. The molecule has 0 radical (unpaired) electrons. The van der Waals surface area contributed by atoms with Gasteiger partial charge in [-0.2, -0.15) is 5.26 Å². The Morgan fingerprint density at radius 1 is 1.43 bits per heavy atom. The van der Waals surface area contributed by atoms with Crippen molar-refractivity contribution in [2.24, 2.45) is 11.8 Å². The molecule has 0 aliphatic heterocycles. The third kappa shape index (κ3) is 1.83. The number of halogens is 1. The number of hydrogen-bond donors (Lipinski definition) is 0. The van der Waals surface area contributed by atoms with E-state index in [1.807, 2.05) is 6.92 Å². The Hall–Kier alpha value is -0.810. The molecule has 0 spiro atoms. The molecule has 2 rings (SSSR count). The van der Waals surface area contributed by atoms with Gasteiger partial charge in [0.25, 0.3) is 0 Å². The predicted octanol–water partition coefficient (Wildman–Crippen LogP) is 3.71. The van der Waals surface area contributed by atoms with Crippen molar-refractivity contribution in [3.8, 4) is 6.07 Å². The van der Waals surface area contributed by atoms with E-state index in [4.69, 9.17) is 5.26 Å². The van der Waals surface area contributed by atoms with Crippen LogP contribution in [0.3, 0.4) is 0 Å². The number of benzene rings is 1. The summed E-state index contributed by atoms with van der Waals surface area (Å²) in [6.45, 7) is 2.02. The summed E-state index contributed by atoms with van der Waals surface area (Å²) in [4.78, 5) is 0. The van der Waals surface area contributed by atoms with Gasteiger partial charge in [0.05, 0.1) is 6.07 Å². The third-order valence-electron chi connectivity index (χ3n) is 2.98. The molecule has 14 heavy (non-hydrogen) atoms. The first-order chi connectivity index (χ1) is 6.72. The highest BCUT2D eigenvalue weighted by atomic mass is 79.9. The zero-order chi connectivity index (χ0) is 10.1. The minimum atomic E-state index is 0.198. The fraction of sp³-hybridized carbons (Fsp3) is 0.417. The number of hydrogen-bond acceptors (Lipinski definition) is 1. The molecule has 3 unspecified atom stereocenters. The van der Waals surface area contributed by atoms with Crippen molar-refractivity contribution in [3.05, 3.63) is 34.3 Å². The van der Waals surface area contributed by atoms with Crippen LogP contribution < -0.4 is 0 Å². The summed E-state index contributed by atoms with van der Waals surface area (Å²) in [5, 5.41) is 8.80. The Morgan fingerprint density at radius 3 is 2.64 bits per heavy atom. The molecule has 72 valence electrons. The van der Waals surface area contributed by atoms with Gasteiger partial charge in [-0.3, -0.25) is 0 Å². The summed E-state index contributed by atoms with van der Waals surface area (Å²) in [5.41, 5.74) is 1.38. The molecular weight excluding hydrogens is 238 g/mol. The fourth-order valence-corrected chi connectivity index (χ4v) is 2.22. The molecule has 3 atom stereocenters. The molecule has 0 aromatic heterocycles. The van der Waals surface area contributed by atoms with Gasteiger partial charge < -0.3 is 0 Å². The summed E-state index contributed by atoms with van der Waals surface area (Å²) in [6.07, 6.45) is 1.18. The van der Waals surface area contributed by atoms with Crippen LogP contribution in [0.25, 0.3) is 0 Å². The van der Waals surface area contributed by atoms with E-state index < -0.39 is 0 Å². The lowest BCUT2D eigenvalue weighted by atomic mass is 10.0. The molecule has 1 fully saturated rings. The molecule has 0 N–H and O–H groups in total. The standard InChI is InChI=1S/C12H12BrN/c1-8(7-14)11-6-12(11)9-2-4-10(13)5-3-9/h2-5,8,11-12H,6H2,1H3.